The van der Waals surface area contributed by atoms with Gasteiger partial charge in [0.2, 0.25) is 6.29 Å². The molecule has 1 fully saturated rings. The Bertz CT molecular complexity index is 140. The van der Waals surface area contributed by atoms with E-state index in [1.807, 2.05) is 0 Å². The van der Waals surface area contributed by atoms with Crippen LogP contribution in [0.4, 0.5) is 0 Å². The van der Waals surface area contributed by atoms with Gasteiger partial charge in [-0.05, 0) is 0 Å². The summed E-state index contributed by atoms with van der Waals surface area (Å²) >= 11 is 0. The fraction of sp³-hybridized carbons (Fsp3) is 0.600. The van der Waals surface area contributed by atoms with E-state index in [1.54, 1.807) is 0 Å². The van der Waals surface area contributed by atoms with E-state index in [0.717, 1.165) is 0 Å². The van der Waals surface area contributed by atoms with Gasteiger partial charge in [-0.3, -0.25) is 9.59 Å². The maximum absolute atomic E-state index is 10.4. The van der Waals surface area contributed by atoms with Crippen molar-refractivity contribution in [2.24, 2.45) is 0 Å². The van der Waals surface area contributed by atoms with Gasteiger partial charge in [-0.1, -0.05) is 0 Å². The van der Waals surface area contributed by atoms with Crippen LogP contribution < -0.4 is 0 Å². The van der Waals surface area contributed by atoms with Crippen molar-refractivity contribution in [1.82, 2.24) is 0 Å². The summed E-state index contributed by atoms with van der Waals surface area (Å²) in [5.41, 5.74) is 0. The van der Waals surface area contributed by atoms with Gasteiger partial charge >= 0.3 is 63.3 Å². The van der Waals surface area contributed by atoms with Crippen molar-refractivity contribution in [3.63, 3.8) is 0 Å². The second kappa shape index (κ2) is 4.45. The molecule has 10 heavy (non-hydrogen) atoms. The molecule has 52 valence electrons. The third-order valence-electron chi connectivity index (χ3n) is 0.883. The summed E-state index contributed by atoms with van der Waals surface area (Å²) in [6, 6.07) is 0. The fourth-order valence-electron chi connectivity index (χ4n) is 0.595. The molecule has 1 aliphatic rings. The number of rotatable bonds is 0. The van der Waals surface area contributed by atoms with Gasteiger partial charge < -0.3 is 9.47 Å². The molecule has 4 nitrogen and oxygen atoms in total. The topological polar surface area (TPSA) is 52.6 Å². The quantitative estimate of drug-likeness (QED) is 0.270. The number of hydrogen-bond acceptors (Lipinski definition) is 4. The Morgan fingerprint density at radius 1 is 1.30 bits per heavy atom. The molecule has 0 spiro atoms. The number of hydrogen-bond donors (Lipinski definition) is 0. The monoisotopic (exact) mass is 170 g/mol. The minimum atomic E-state index is -0.709. The van der Waals surface area contributed by atoms with Gasteiger partial charge in [-0.15, -0.1) is 0 Å². The van der Waals surface area contributed by atoms with Crippen molar-refractivity contribution in [2.45, 2.75) is 19.6 Å². The molecule has 0 amide bonds. The molecule has 0 aromatic heterocycles. The molecule has 0 atom stereocenters. The zero-order valence-corrected chi connectivity index (χ0v) is 4.92. The van der Waals surface area contributed by atoms with Crippen molar-refractivity contribution >= 4 is 63.3 Å². The van der Waals surface area contributed by atoms with Gasteiger partial charge in [0.15, 0.2) is 0 Å². The van der Waals surface area contributed by atoms with Crippen LogP contribution in [0, 0.1) is 0 Å². The number of esters is 2. The van der Waals surface area contributed by atoms with Crippen LogP contribution in [0.3, 0.4) is 0 Å². The van der Waals surface area contributed by atoms with E-state index in [1.165, 1.54) is 6.92 Å². The summed E-state index contributed by atoms with van der Waals surface area (Å²) in [5.74, 6) is -1.03. The van der Waals surface area contributed by atoms with E-state index in [2.05, 4.69) is 9.47 Å². The predicted octanol–water partition coefficient (Wildman–Crippen LogP) is -0.826. The van der Waals surface area contributed by atoms with Crippen LogP contribution in [0.5, 0.6) is 0 Å². The molecule has 1 rings (SSSR count). The first-order valence-electron chi connectivity index (χ1n) is 2.57. The molecule has 1 saturated heterocycles. The first kappa shape index (κ1) is 10.6. The van der Waals surface area contributed by atoms with Crippen LogP contribution in [0.25, 0.3) is 0 Å². The van der Waals surface area contributed by atoms with E-state index < -0.39 is 18.2 Å². The molecule has 0 aromatic carbocycles. The third kappa shape index (κ3) is 3.11. The SMILES string of the molecule is CC1OC(=O)CC(=O)O1.[KH]. The first-order chi connectivity index (χ1) is 4.18. The molecule has 0 unspecified atom stereocenters. The van der Waals surface area contributed by atoms with Crippen LogP contribution in [-0.2, 0) is 19.1 Å². The van der Waals surface area contributed by atoms with Crippen LogP contribution in [-0.4, -0.2) is 69.6 Å². The Balaban J connectivity index is 0.000000810. The Kier molecular flexibility index (Phi) is 4.71. The van der Waals surface area contributed by atoms with Crippen LogP contribution >= 0.6 is 0 Å². The molecular weight excluding hydrogens is 163 g/mol. The zero-order chi connectivity index (χ0) is 6.85. The molecule has 1 aliphatic heterocycles. The van der Waals surface area contributed by atoms with E-state index in [9.17, 15) is 9.59 Å². The van der Waals surface area contributed by atoms with Crippen LogP contribution in [0.15, 0.2) is 0 Å². The molecule has 0 aromatic rings. The molecule has 0 aliphatic carbocycles. The summed E-state index contributed by atoms with van der Waals surface area (Å²) in [6.45, 7) is 1.50. The molecule has 0 radical (unpaired) electrons. The predicted molar refractivity (Wildman–Crippen MR) is 33.4 cm³/mol. The first-order valence-corrected chi connectivity index (χ1v) is 2.57. The van der Waals surface area contributed by atoms with Crippen molar-refractivity contribution < 1.29 is 19.1 Å². The maximum atomic E-state index is 10.4. The molecule has 0 N–H and O–H groups in total. The van der Waals surface area contributed by atoms with Crippen molar-refractivity contribution in [1.29, 1.82) is 0 Å². The number of carbonyl (C=O) groups excluding carboxylic acids is 2. The summed E-state index contributed by atoms with van der Waals surface area (Å²) in [7, 11) is 0. The molecule has 0 bridgehead atoms. The minimum absolute atomic E-state index is 0. The Morgan fingerprint density at radius 3 is 2.00 bits per heavy atom. The average molecular weight is 170 g/mol. The van der Waals surface area contributed by atoms with Gasteiger partial charge in [0.1, 0.15) is 6.42 Å². The van der Waals surface area contributed by atoms with Crippen molar-refractivity contribution in [2.75, 3.05) is 0 Å². The summed E-state index contributed by atoms with van der Waals surface area (Å²) < 4.78 is 8.95. The Labute approximate surface area is 101 Å². The number of carbonyl (C=O) groups is 2. The standard InChI is InChI=1S/C5H6O4.K.H/c1-3-8-4(6)2-5(7)9-3;;/h3H,2H2,1H3;;. The van der Waals surface area contributed by atoms with Gasteiger partial charge in [0.25, 0.3) is 0 Å². The van der Waals surface area contributed by atoms with Gasteiger partial charge in [-0.25, -0.2) is 0 Å². The van der Waals surface area contributed by atoms with E-state index in [-0.39, 0.29) is 57.8 Å². The van der Waals surface area contributed by atoms with Crippen LogP contribution in [0.2, 0.25) is 0 Å². The van der Waals surface area contributed by atoms with E-state index in [0.29, 0.717) is 0 Å². The molecule has 5 heteroatoms. The second-order valence-corrected chi connectivity index (χ2v) is 1.72. The van der Waals surface area contributed by atoms with E-state index >= 15 is 0 Å². The molecular formula is C5H7KO4. The Hall–Kier alpha value is 0.576. The zero-order valence-electron chi connectivity index (χ0n) is 4.92. The summed E-state index contributed by atoms with van der Waals surface area (Å²) in [5, 5.41) is 0. The molecule has 0 saturated carbocycles. The van der Waals surface area contributed by atoms with Gasteiger partial charge in [-0.2, -0.15) is 0 Å². The van der Waals surface area contributed by atoms with Crippen molar-refractivity contribution in [3.05, 3.63) is 0 Å². The molecule has 1 heterocycles. The normalized spacial score (nSPS) is 18.9. The fourth-order valence-corrected chi connectivity index (χ4v) is 0.595. The van der Waals surface area contributed by atoms with Gasteiger partial charge in [0.05, 0.1) is 0 Å². The van der Waals surface area contributed by atoms with Gasteiger partial charge in [0, 0.05) is 6.92 Å². The van der Waals surface area contributed by atoms with Crippen molar-refractivity contribution in [3.8, 4) is 0 Å². The summed E-state index contributed by atoms with van der Waals surface area (Å²) in [4.78, 5) is 20.7. The number of ether oxygens (including phenoxy) is 2. The van der Waals surface area contributed by atoms with Crippen LogP contribution in [0.1, 0.15) is 13.3 Å². The number of cyclic esters (lactones) is 2. The van der Waals surface area contributed by atoms with E-state index in [4.69, 9.17) is 0 Å². The average Bonchev–Trinajstić information content (AvgIpc) is 1.59. The second-order valence-electron chi connectivity index (χ2n) is 1.72. The summed E-state index contributed by atoms with van der Waals surface area (Å²) in [6.07, 6.45) is -0.969. The Morgan fingerprint density at radius 2 is 1.70 bits per heavy atom. The third-order valence-corrected chi connectivity index (χ3v) is 0.883.